The Bertz CT molecular complexity index is 532. The molecule has 2 aliphatic rings. The second-order valence-corrected chi connectivity index (χ2v) is 5.44. The van der Waals surface area contributed by atoms with Gasteiger partial charge in [-0.25, -0.2) is 9.87 Å². The third-order valence-electron chi connectivity index (χ3n) is 4.40. The van der Waals surface area contributed by atoms with Gasteiger partial charge in [-0.05, 0) is 48.6 Å². The number of hydroxylamine groups is 1. The molecule has 0 bridgehead atoms. The lowest BCUT2D eigenvalue weighted by atomic mass is 9.83. The molecule has 1 fully saturated rings. The van der Waals surface area contributed by atoms with E-state index in [1.807, 2.05) is 0 Å². The molecule has 0 radical (unpaired) electrons. The predicted molar refractivity (Wildman–Crippen MR) is 67.5 cm³/mol. The lowest BCUT2D eigenvalue weighted by molar-refractivity contribution is 0.0705. The van der Waals surface area contributed by atoms with Gasteiger partial charge in [0.05, 0.1) is 0 Å². The van der Waals surface area contributed by atoms with Crippen molar-refractivity contribution in [2.75, 3.05) is 6.54 Å². The van der Waals surface area contributed by atoms with Crippen molar-refractivity contribution in [3.05, 3.63) is 34.6 Å². The normalized spacial score (nSPS) is 25.8. The molecule has 3 rings (SSSR count). The van der Waals surface area contributed by atoms with Crippen molar-refractivity contribution in [1.82, 2.24) is 10.4 Å². The number of nitrogens with zero attached hydrogens (tertiary/aromatic N) is 1. The van der Waals surface area contributed by atoms with Gasteiger partial charge in [0.25, 0.3) is 5.91 Å². The zero-order chi connectivity index (χ0) is 13.6. The Morgan fingerprint density at radius 3 is 3.05 bits per heavy atom. The van der Waals surface area contributed by atoms with E-state index in [2.05, 4.69) is 11.8 Å². The third kappa shape index (κ3) is 1.93. The number of amides is 1. The minimum Gasteiger partial charge on any atom is -0.296 e. The molecule has 0 saturated carbocycles. The first-order valence-electron chi connectivity index (χ1n) is 6.62. The topological polar surface area (TPSA) is 52.6 Å². The number of carbonyl (C=O) groups excluding carboxylic acids is 1. The number of fused-ring (bicyclic) bond motifs is 2. The molecule has 2 heterocycles. The number of halogens is 1. The molecule has 1 saturated heterocycles. The van der Waals surface area contributed by atoms with Gasteiger partial charge < -0.3 is 0 Å². The van der Waals surface area contributed by atoms with E-state index in [0.717, 1.165) is 30.5 Å². The Hall–Kier alpha value is -1.46. The van der Waals surface area contributed by atoms with Gasteiger partial charge in [-0.1, -0.05) is 6.92 Å². The van der Waals surface area contributed by atoms with Gasteiger partial charge >= 0.3 is 0 Å². The van der Waals surface area contributed by atoms with Crippen LogP contribution in [0.1, 0.15) is 47.2 Å². The number of benzene rings is 1. The number of rotatable bonds is 1. The van der Waals surface area contributed by atoms with Crippen LogP contribution in [0, 0.1) is 5.82 Å². The molecule has 1 amide bonds. The molecule has 2 N–H and O–H groups in total. The lowest BCUT2D eigenvalue weighted by Crippen LogP contribution is -2.38. The van der Waals surface area contributed by atoms with Gasteiger partial charge in [-0.15, -0.1) is 0 Å². The van der Waals surface area contributed by atoms with Gasteiger partial charge in [0, 0.05) is 18.2 Å². The standard InChI is InChI=1S/C14H17FN2O2/c1-8-12-3-2-4-17(12)7-10-5-9(14(18)16-19)6-11(15)13(8)10/h5-6,8,12,19H,2-4,7H2,1H3,(H,16,18)/t8?,12-/m1/s1. The van der Waals surface area contributed by atoms with Crippen LogP contribution in [0.3, 0.4) is 0 Å². The minimum absolute atomic E-state index is 0.150. The van der Waals surface area contributed by atoms with Crippen LogP contribution >= 0.6 is 0 Å². The van der Waals surface area contributed by atoms with Crippen molar-refractivity contribution in [2.24, 2.45) is 0 Å². The Morgan fingerprint density at radius 2 is 2.32 bits per heavy atom. The Kier molecular flexibility index (Phi) is 3.03. The van der Waals surface area contributed by atoms with E-state index in [1.165, 1.54) is 6.07 Å². The number of hydrogen-bond donors (Lipinski definition) is 2. The van der Waals surface area contributed by atoms with Crippen LogP contribution in [0.5, 0.6) is 0 Å². The van der Waals surface area contributed by atoms with E-state index in [1.54, 1.807) is 11.5 Å². The summed E-state index contributed by atoms with van der Waals surface area (Å²) in [4.78, 5) is 13.8. The zero-order valence-electron chi connectivity index (χ0n) is 10.8. The highest BCUT2D eigenvalue weighted by Crippen LogP contribution is 2.40. The Labute approximate surface area is 111 Å². The molecular weight excluding hydrogens is 247 g/mol. The number of hydrogen-bond acceptors (Lipinski definition) is 3. The molecule has 5 heteroatoms. The van der Waals surface area contributed by atoms with Gasteiger partial charge in [-0.2, -0.15) is 0 Å². The summed E-state index contributed by atoms with van der Waals surface area (Å²) >= 11 is 0. The quantitative estimate of drug-likeness (QED) is 0.603. The van der Waals surface area contributed by atoms with Gasteiger partial charge in [-0.3, -0.25) is 14.9 Å². The molecule has 1 aromatic rings. The summed E-state index contributed by atoms with van der Waals surface area (Å²) in [7, 11) is 0. The summed E-state index contributed by atoms with van der Waals surface area (Å²) in [6.07, 6.45) is 2.26. The van der Waals surface area contributed by atoms with Crippen LogP contribution < -0.4 is 5.48 Å². The summed E-state index contributed by atoms with van der Waals surface area (Å²) in [6.45, 7) is 3.77. The van der Waals surface area contributed by atoms with E-state index in [0.29, 0.717) is 12.6 Å². The average molecular weight is 264 g/mol. The van der Waals surface area contributed by atoms with E-state index < -0.39 is 5.91 Å². The highest BCUT2D eigenvalue weighted by atomic mass is 19.1. The largest absolute Gasteiger partial charge is 0.296 e. The first-order valence-corrected chi connectivity index (χ1v) is 6.62. The molecule has 0 aliphatic carbocycles. The van der Waals surface area contributed by atoms with Crippen LogP contribution in [-0.2, 0) is 6.54 Å². The van der Waals surface area contributed by atoms with Crippen LogP contribution in [-0.4, -0.2) is 28.6 Å². The first-order chi connectivity index (χ1) is 9.11. The number of nitrogens with one attached hydrogen (secondary N) is 1. The second kappa shape index (κ2) is 4.58. The summed E-state index contributed by atoms with van der Waals surface area (Å²) in [5, 5.41) is 8.65. The smallest absolute Gasteiger partial charge is 0.274 e. The summed E-state index contributed by atoms with van der Waals surface area (Å²) in [6, 6.07) is 3.32. The summed E-state index contributed by atoms with van der Waals surface area (Å²) in [5.41, 5.74) is 3.32. The van der Waals surface area contributed by atoms with Crippen molar-refractivity contribution >= 4 is 5.91 Å². The zero-order valence-corrected chi connectivity index (χ0v) is 10.8. The first kappa shape index (κ1) is 12.6. The lowest BCUT2D eigenvalue weighted by Gasteiger charge is -2.37. The molecule has 102 valence electrons. The van der Waals surface area contributed by atoms with Crippen molar-refractivity contribution in [3.63, 3.8) is 0 Å². The van der Waals surface area contributed by atoms with Crippen LogP contribution in [0.2, 0.25) is 0 Å². The SMILES string of the molecule is CC1c2c(F)cc(C(=O)NO)cc2CN2CCC[C@H]12. The maximum absolute atomic E-state index is 14.3. The van der Waals surface area contributed by atoms with E-state index >= 15 is 0 Å². The molecule has 0 aromatic heterocycles. The van der Waals surface area contributed by atoms with Crippen molar-refractivity contribution in [1.29, 1.82) is 0 Å². The van der Waals surface area contributed by atoms with Gasteiger partial charge in [0.1, 0.15) is 5.82 Å². The monoisotopic (exact) mass is 264 g/mol. The van der Waals surface area contributed by atoms with Gasteiger partial charge in [0.2, 0.25) is 0 Å². The Balaban J connectivity index is 2.06. The predicted octanol–water partition coefficient (Wildman–Crippen LogP) is 2.03. The maximum atomic E-state index is 14.3. The maximum Gasteiger partial charge on any atom is 0.274 e. The average Bonchev–Trinajstić information content (AvgIpc) is 2.85. The fourth-order valence-corrected chi connectivity index (χ4v) is 3.54. The minimum atomic E-state index is -0.669. The van der Waals surface area contributed by atoms with E-state index in [9.17, 15) is 9.18 Å². The summed E-state index contributed by atoms with van der Waals surface area (Å²) < 4.78 is 14.3. The fraction of sp³-hybridized carbons (Fsp3) is 0.500. The van der Waals surface area contributed by atoms with Crippen molar-refractivity contribution in [2.45, 2.75) is 38.3 Å². The Morgan fingerprint density at radius 1 is 1.53 bits per heavy atom. The van der Waals surface area contributed by atoms with E-state index in [-0.39, 0.29) is 17.3 Å². The molecule has 1 aromatic carbocycles. The highest BCUT2D eigenvalue weighted by Gasteiger charge is 2.37. The fourth-order valence-electron chi connectivity index (χ4n) is 3.54. The number of carbonyl (C=O) groups is 1. The molecular formula is C14H17FN2O2. The van der Waals surface area contributed by atoms with Crippen molar-refractivity contribution in [3.8, 4) is 0 Å². The van der Waals surface area contributed by atoms with Crippen LogP contribution in [0.4, 0.5) is 4.39 Å². The molecule has 2 aliphatic heterocycles. The van der Waals surface area contributed by atoms with Crippen LogP contribution in [0.15, 0.2) is 12.1 Å². The molecule has 4 nitrogen and oxygen atoms in total. The molecule has 2 atom stereocenters. The molecule has 1 unspecified atom stereocenters. The van der Waals surface area contributed by atoms with Crippen LogP contribution in [0.25, 0.3) is 0 Å². The van der Waals surface area contributed by atoms with Crippen molar-refractivity contribution < 1.29 is 14.4 Å². The highest BCUT2D eigenvalue weighted by molar-refractivity contribution is 5.93. The molecule has 0 spiro atoms. The third-order valence-corrected chi connectivity index (χ3v) is 4.40. The van der Waals surface area contributed by atoms with Gasteiger partial charge in [0.15, 0.2) is 0 Å². The second-order valence-electron chi connectivity index (χ2n) is 5.44. The molecule has 19 heavy (non-hydrogen) atoms. The summed E-state index contributed by atoms with van der Waals surface area (Å²) in [5.74, 6) is -0.856. The van der Waals surface area contributed by atoms with E-state index in [4.69, 9.17) is 5.21 Å².